The molecular formula is C16H25N3O2. The lowest BCUT2D eigenvalue weighted by molar-refractivity contribution is -0.137. The van der Waals surface area contributed by atoms with Crippen LogP contribution in [0.4, 0.5) is 0 Å². The lowest BCUT2D eigenvalue weighted by Gasteiger charge is -2.22. The average molecular weight is 291 g/mol. The first kappa shape index (κ1) is 14.6. The van der Waals surface area contributed by atoms with Gasteiger partial charge in [-0.25, -0.2) is 0 Å². The molecule has 0 radical (unpaired) electrons. The molecule has 0 aliphatic heterocycles. The second-order valence-corrected chi connectivity index (χ2v) is 6.42. The third-order valence-corrected chi connectivity index (χ3v) is 4.65. The van der Waals surface area contributed by atoms with E-state index in [1.807, 2.05) is 0 Å². The Balaban J connectivity index is 1.57. The van der Waals surface area contributed by atoms with Gasteiger partial charge in [-0.2, -0.15) is 5.10 Å². The molecule has 2 aliphatic rings. The second-order valence-electron chi connectivity index (χ2n) is 6.42. The highest BCUT2D eigenvalue weighted by molar-refractivity contribution is 5.66. The van der Waals surface area contributed by atoms with Gasteiger partial charge in [0.25, 0.3) is 0 Å². The van der Waals surface area contributed by atoms with Crippen molar-refractivity contribution in [1.29, 1.82) is 0 Å². The highest BCUT2D eigenvalue weighted by atomic mass is 16.4. The van der Waals surface area contributed by atoms with E-state index in [1.165, 1.54) is 44.9 Å². The van der Waals surface area contributed by atoms with E-state index in [4.69, 9.17) is 10.2 Å². The smallest absolute Gasteiger partial charge is 0.304 e. The topological polar surface area (TPSA) is 58.4 Å². The molecule has 0 aromatic carbocycles. The summed E-state index contributed by atoms with van der Waals surface area (Å²) in [5.41, 5.74) is 1.08. The van der Waals surface area contributed by atoms with E-state index in [1.54, 1.807) is 0 Å². The lowest BCUT2D eigenvalue weighted by atomic mass is 9.96. The summed E-state index contributed by atoms with van der Waals surface area (Å²) in [7, 11) is 0. The zero-order chi connectivity index (χ0) is 14.7. The van der Waals surface area contributed by atoms with E-state index in [2.05, 4.69) is 21.8 Å². The Labute approximate surface area is 125 Å². The van der Waals surface area contributed by atoms with Gasteiger partial charge in [-0.1, -0.05) is 19.3 Å². The number of carboxylic acid groups (broad SMARTS) is 1. The molecule has 0 unspecified atom stereocenters. The zero-order valence-corrected chi connectivity index (χ0v) is 12.6. The molecule has 5 heteroatoms. The van der Waals surface area contributed by atoms with Gasteiger partial charge < -0.3 is 5.11 Å². The summed E-state index contributed by atoms with van der Waals surface area (Å²) in [6.45, 7) is 1.42. The maximum atomic E-state index is 10.8. The average Bonchev–Trinajstić information content (AvgIpc) is 3.23. The molecule has 1 aromatic heterocycles. The van der Waals surface area contributed by atoms with Crippen LogP contribution in [0.3, 0.4) is 0 Å². The SMILES string of the molecule is O=C(O)CCN(Cc1ccn(C2CCCCC2)n1)C1CC1. The van der Waals surface area contributed by atoms with Crippen LogP contribution >= 0.6 is 0 Å². The van der Waals surface area contributed by atoms with Crippen molar-refractivity contribution in [2.45, 2.75) is 70.0 Å². The molecule has 1 aromatic rings. The number of nitrogens with zero attached hydrogens (tertiary/aromatic N) is 3. The van der Waals surface area contributed by atoms with Crippen molar-refractivity contribution in [3.63, 3.8) is 0 Å². The lowest BCUT2D eigenvalue weighted by Crippen LogP contribution is -2.28. The van der Waals surface area contributed by atoms with Crippen molar-refractivity contribution >= 4 is 5.97 Å². The molecule has 1 heterocycles. The third kappa shape index (κ3) is 4.06. The van der Waals surface area contributed by atoms with Gasteiger partial charge in [0.05, 0.1) is 18.2 Å². The van der Waals surface area contributed by atoms with Crippen LogP contribution in [0.1, 0.15) is 63.1 Å². The third-order valence-electron chi connectivity index (χ3n) is 4.65. The molecular weight excluding hydrogens is 266 g/mol. The normalized spacial score (nSPS) is 20.0. The molecule has 0 bridgehead atoms. The molecule has 116 valence electrons. The zero-order valence-electron chi connectivity index (χ0n) is 12.6. The number of hydrogen-bond acceptors (Lipinski definition) is 3. The van der Waals surface area contributed by atoms with Crippen LogP contribution in [0.25, 0.3) is 0 Å². The van der Waals surface area contributed by atoms with Gasteiger partial charge in [0.15, 0.2) is 0 Å². The van der Waals surface area contributed by atoms with Gasteiger partial charge in [-0.05, 0) is 31.7 Å². The summed E-state index contributed by atoms with van der Waals surface area (Å²) in [4.78, 5) is 13.0. The number of hydrogen-bond donors (Lipinski definition) is 1. The highest BCUT2D eigenvalue weighted by Gasteiger charge is 2.29. The Bertz CT molecular complexity index is 476. The summed E-state index contributed by atoms with van der Waals surface area (Å²) >= 11 is 0. The summed E-state index contributed by atoms with van der Waals surface area (Å²) < 4.78 is 2.14. The fourth-order valence-electron chi connectivity index (χ4n) is 3.29. The van der Waals surface area contributed by atoms with E-state index in [9.17, 15) is 4.79 Å². The molecule has 0 amide bonds. The van der Waals surface area contributed by atoms with Crippen molar-refractivity contribution in [3.8, 4) is 0 Å². The van der Waals surface area contributed by atoms with Crippen molar-refractivity contribution < 1.29 is 9.90 Å². The van der Waals surface area contributed by atoms with Crippen LogP contribution in [0.5, 0.6) is 0 Å². The number of carbonyl (C=O) groups is 1. The first-order chi connectivity index (χ1) is 10.2. The van der Waals surface area contributed by atoms with E-state index < -0.39 is 5.97 Å². The molecule has 2 aliphatic carbocycles. The van der Waals surface area contributed by atoms with Crippen molar-refractivity contribution in [1.82, 2.24) is 14.7 Å². The molecule has 0 atom stereocenters. The standard InChI is InChI=1S/C16H25N3O2/c20-16(21)9-10-18(14-6-7-14)12-13-8-11-19(17-13)15-4-2-1-3-5-15/h8,11,14-15H,1-7,9-10,12H2,(H,20,21). The second kappa shape index (κ2) is 6.60. The van der Waals surface area contributed by atoms with E-state index in [-0.39, 0.29) is 6.42 Å². The maximum absolute atomic E-state index is 10.8. The first-order valence-electron chi connectivity index (χ1n) is 8.22. The summed E-state index contributed by atoms with van der Waals surface area (Å²) in [5, 5.41) is 13.6. The number of carboxylic acids is 1. The van der Waals surface area contributed by atoms with Gasteiger partial charge in [-0.15, -0.1) is 0 Å². The number of aliphatic carboxylic acids is 1. The van der Waals surface area contributed by atoms with Crippen molar-refractivity contribution in [2.24, 2.45) is 0 Å². The highest BCUT2D eigenvalue weighted by Crippen LogP contribution is 2.29. The van der Waals surface area contributed by atoms with E-state index >= 15 is 0 Å². The van der Waals surface area contributed by atoms with Crippen LogP contribution in [0.15, 0.2) is 12.3 Å². The maximum Gasteiger partial charge on any atom is 0.304 e. The van der Waals surface area contributed by atoms with Gasteiger partial charge in [0.1, 0.15) is 0 Å². The summed E-state index contributed by atoms with van der Waals surface area (Å²) in [6, 6.07) is 3.25. The van der Waals surface area contributed by atoms with E-state index in [0.717, 1.165) is 12.2 Å². The summed E-state index contributed by atoms with van der Waals surface area (Å²) in [5.74, 6) is -0.714. The minimum atomic E-state index is -0.714. The number of aromatic nitrogens is 2. The predicted octanol–water partition coefficient (Wildman–Crippen LogP) is 2.83. The van der Waals surface area contributed by atoms with Gasteiger partial charge >= 0.3 is 5.97 Å². The Hall–Kier alpha value is -1.36. The van der Waals surface area contributed by atoms with Crippen LogP contribution in [0.2, 0.25) is 0 Å². The first-order valence-corrected chi connectivity index (χ1v) is 8.22. The Morgan fingerprint density at radius 3 is 2.71 bits per heavy atom. The molecule has 3 rings (SSSR count). The molecule has 0 spiro atoms. The van der Waals surface area contributed by atoms with Crippen LogP contribution in [-0.2, 0) is 11.3 Å². The molecule has 1 N–H and O–H groups in total. The van der Waals surface area contributed by atoms with Gasteiger partial charge in [0, 0.05) is 25.3 Å². The quantitative estimate of drug-likeness (QED) is 0.839. The molecule has 2 fully saturated rings. The van der Waals surface area contributed by atoms with E-state index in [0.29, 0.717) is 18.6 Å². The molecule has 0 saturated heterocycles. The number of rotatable bonds is 7. The molecule has 2 saturated carbocycles. The summed E-state index contributed by atoms with van der Waals surface area (Å²) in [6.07, 6.45) is 11.2. The fraction of sp³-hybridized carbons (Fsp3) is 0.750. The van der Waals surface area contributed by atoms with Gasteiger partial charge in [-0.3, -0.25) is 14.4 Å². The molecule has 5 nitrogen and oxygen atoms in total. The van der Waals surface area contributed by atoms with Crippen LogP contribution in [0, 0.1) is 0 Å². The Morgan fingerprint density at radius 1 is 1.29 bits per heavy atom. The minimum Gasteiger partial charge on any atom is -0.481 e. The largest absolute Gasteiger partial charge is 0.481 e. The fourth-order valence-corrected chi connectivity index (χ4v) is 3.29. The Morgan fingerprint density at radius 2 is 2.05 bits per heavy atom. The monoisotopic (exact) mass is 291 g/mol. The van der Waals surface area contributed by atoms with Crippen molar-refractivity contribution in [3.05, 3.63) is 18.0 Å². The molecule has 21 heavy (non-hydrogen) atoms. The predicted molar refractivity (Wildman–Crippen MR) is 80.0 cm³/mol. The Kier molecular flexibility index (Phi) is 4.58. The minimum absolute atomic E-state index is 0.222. The van der Waals surface area contributed by atoms with Crippen molar-refractivity contribution in [2.75, 3.05) is 6.54 Å². The van der Waals surface area contributed by atoms with Crippen LogP contribution in [-0.4, -0.2) is 38.3 Å². The van der Waals surface area contributed by atoms with Crippen LogP contribution < -0.4 is 0 Å². The van der Waals surface area contributed by atoms with Gasteiger partial charge in [0.2, 0.25) is 0 Å².